The number of rotatable bonds is 3. The first-order valence-electron chi connectivity index (χ1n) is 4.03. The summed E-state index contributed by atoms with van der Waals surface area (Å²) >= 11 is 0. The van der Waals surface area contributed by atoms with E-state index in [2.05, 4.69) is 0 Å². The summed E-state index contributed by atoms with van der Waals surface area (Å²) in [6, 6.07) is 4.49. The molecule has 2 N–H and O–H groups in total. The SMILES string of the molecule is CCS(=O)Cc1c(N)cccc1F. The fourth-order valence-electron chi connectivity index (χ4n) is 0.991. The molecule has 1 aromatic carbocycles. The van der Waals surface area contributed by atoms with Gasteiger partial charge in [0.25, 0.3) is 0 Å². The van der Waals surface area contributed by atoms with Crippen molar-refractivity contribution in [2.75, 3.05) is 11.5 Å². The molecule has 0 aliphatic heterocycles. The van der Waals surface area contributed by atoms with Crippen LogP contribution in [0.25, 0.3) is 0 Å². The van der Waals surface area contributed by atoms with E-state index in [0.717, 1.165) is 0 Å². The number of benzene rings is 1. The maximum absolute atomic E-state index is 13.1. The highest BCUT2D eigenvalue weighted by Gasteiger charge is 2.08. The van der Waals surface area contributed by atoms with Crippen LogP contribution in [0.5, 0.6) is 0 Å². The van der Waals surface area contributed by atoms with Gasteiger partial charge in [-0.1, -0.05) is 13.0 Å². The molecule has 1 aromatic rings. The maximum Gasteiger partial charge on any atom is 0.129 e. The van der Waals surface area contributed by atoms with E-state index in [1.54, 1.807) is 19.1 Å². The molecule has 13 heavy (non-hydrogen) atoms. The Morgan fingerprint density at radius 1 is 1.54 bits per heavy atom. The lowest BCUT2D eigenvalue weighted by Crippen LogP contribution is -2.03. The highest BCUT2D eigenvalue weighted by Crippen LogP contribution is 2.17. The second kappa shape index (κ2) is 4.37. The Morgan fingerprint density at radius 2 is 2.23 bits per heavy atom. The molecule has 0 amide bonds. The molecule has 0 saturated carbocycles. The first-order valence-corrected chi connectivity index (χ1v) is 5.51. The molecule has 2 nitrogen and oxygen atoms in total. The number of halogens is 1. The number of nitrogens with two attached hydrogens (primary N) is 1. The minimum absolute atomic E-state index is 0.203. The van der Waals surface area contributed by atoms with Gasteiger partial charge in [0.1, 0.15) is 5.82 Å². The Kier molecular flexibility index (Phi) is 3.42. The van der Waals surface area contributed by atoms with E-state index in [9.17, 15) is 8.60 Å². The fourth-order valence-corrected chi connectivity index (χ4v) is 1.82. The van der Waals surface area contributed by atoms with Gasteiger partial charge in [-0.3, -0.25) is 4.21 Å². The normalized spacial score (nSPS) is 12.8. The lowest BCUT2D eigenvalue weighted by atomic mass is 10.2. The van der Waals surface area contributed by atoms with Crippen molar-refractivity contribution in [3.05, 3.63) is 29.6 Å². The molecule has 0 aliphatic rings. The van der Waals surface area contributed by atoms with Crippen molar-refractivity contribution in [2.45, 2.75) is 12.7 Å². The van der Waals surface area contributed by atoms with E-state index in [4.69, 9.17) is 5.73 Å². The molecule has 0 aromatic heterocycles. The van der Waals surface area contributed by atoms with Gasteiger partial charge in [0.2, 0.25) is 0 Å². The van der Waals surface area contributed by atoms with Gasteiger partial charge in [0.05, 0.1) is 5.75 Å². The molecular formula is C9H12FNOS. The summed E-state index contributed by atoms with van der Waals surface area (Å²) in [7, 11) is -1.02. The van der Waals surface area contributed by atoms with Crippen LogP contribution in [0, 0.1) is 5.82 Å². The summed E-state index contributed by atoms with van der Waals surface area (Å²) in [6.45, 7) is 1.80. The minimum Gasteiger partial charge on any atom is -0.398 e. The second-order valence-electron chi connectivity index (χ2n) is 2.68. The van der Waals surface area contributed by atoms with E-state index in [-0.39, 0.29) is 11.6 Å². The summed E-state index contributed by atoms with van der Waals surface area (Å²) in [5.41, 5.74) is 6.29. The molecule has 0 bridgehead atoms. The van der Waals surface area contributed by atoms with Crippen LogP contribution in [0.4, 0.5) is 10.1 Å². The fraction of sp³-hybridized carbons (Fsp3) is 0.333. The monoisotopic (exact) mass is 201 g/mol. The first kappa shape index (κ1) is 10.2. The van der Waals surface area contributed by atoms with Gasteiger partial charge < -0.3 is 5.73 Å². The van der Waals surface area contributed by atoms with Crippen LogP contribution < -0.4 is 5.73 Å². The Labute approximate surface area is 79.4 Å². The number of nitrogen functional groups attached to an aromatic ring is 1. The van der Waals surface area contributed by atoms with E-state index in [1.807, 2.05) is 0 Å². The zero-order valence-electron chi connectivity index (χ0n) is 7.42. The van der Waals surface area contributed by atoms with Crippen molar-refractivity contribution in [1.29, 1.82) is 0 Å². The Hall–Kier alpha value is -0.900. The largest absolute Gasteiger partial charge is 0.398 e. The van der Waals surface area contributed by atoms with E-state index in [0.29, 0.717) is 17.0 Å². The lowest BCUT2D eigenvalue weighted by Gasteiger charge is -2.05. The predicted molar refractivity (Wildman–Crippen MR) is 53.2 cm³/mol. The third kappa shape index (κ3) is 2.52. The van der Waals surface area contributed by atoms with Gasteiger partial charge in [0, 0.05) is 27.8 Å². The van der Waals surface area contributed by atoms with Gasteiger partial charge in [-0.05, 0) is 12.1 Å². The third-order valence-electron chi connectivity index (χ3n) is 1.78. The quantitative estimate of drug-likeness (QED) is 0.756. The highest BCUT2D eigenvalue weighted by atomic mass is 32.2. The molecule has 0 heterocycles. The third-order valence-corrected chi connectivity index (χ3v) is 3.04. The summed E-state index contributed by atoms with van der Waals surface area (Å²) in [4.78, 5) is 0. The van der Waals surface area contributed by atoms with Crippen molar-refractivity contribution in [3.63, 3.8) is 0 Å². The molecule has 0 radical (unpaired) electrons. The number of anilines is 1. The van der Waals surface area contributed by atoms with Crippen molar-refractivity contribution < 1.29 is 8.60 Å². The Morgan fingerprint density at radius 3 is 2.77 bits per heavy atom. The second-order valence-corrected chi connectivity index (χ2v) is 4.43. The van der Waals surface area contributed by atoms with Gasteiger partial charge >= 0.3 is 0 Å². The van der Waals surface area contributed by atoms with Crippen molar-refractivity contribution >= 4 is 16.5 Å². The van der Waals surface area contributed by atoms with Crippen LogP contribution in [-0.4, -0.2) is 9.96 Å². The van der Waals surface area contributed by atoms with E-state index in [1.165, 1.54) is 6.07 Å². The van der Waals surface area contributed by atoms with Crippen molar-refractivity contribution in [1.82, 2.24) is 0 Å². The molecule has 0 spiro atoms. The molecule has 0 saturated heterocycles. The average Bonchev–Trinajstić information content (AvgIpc) is 2.11. The van der Waals surface area contributed by atoms with Crippen LogP contribution >= 0.6 is 0 Å². The van der Waals surface area contributed by atoms with Gasteiger partial charge in [-0.2, -0.15) is 0 Å². The zero-order chi connectivity index (χ0) is 9.84. The highest BCUT2D eigenvalue weighted by molar-refractivity contribution is 7.84. The molecule has 1 rings (SSSR count). The molecule has 1 unspecified atom stereocenters. The van der Waals surface area contributed by atoms with Crippen molar-refractivity contribution in [3.8, 4) is 0 Å². The van der Waals surface area contributed by atoms with Crippen LogP contribution in [0.1, 0.15) is 12.5 Å². The van der Waals surface area contributed by atoms with Gasteiger partial charge in [-0.25, -0.2) is 4.39 Å². The van der Waals surface area contributed by atoms with Crippen LogP contribution in [0.2, 0.25) is 0 Å². The number of hydrogen-bond donors (Lipinski definition) is 1. The molecule has 4 heteroatoms. The molecule has 0 aliphatic carbocycles. The smallest absolute Gasteiger partial charge is 0.129 e. The molecule has 72 valence electrons. The average molecular weight is 201 g/mol. The molecular weight excluding hydrogens is 189 g/mol. The molecule has 0 fully saturated rings. The molecule has 1 atom stereocenters. The summed E-state index contributed by atoms with van der Waals surface area (Å²) < 4.78 is 24.3. The Bertz CT molecular complexity index is 307. The lowest BCUT2D eigenvalue weighted by molar-refractivity contribution is 0.616. The van der Waals surface area contributed by atoms with Crippen LogP contribution in [0.3, 0.4) is 0 Å². The first-order chi connectivity index (χ1) is 6.15. The Balaban J connectivity index is 2.93. The minimum atomic E-state index is -1.02. The summed E-state index contributed by atoms with van der Waals surface area (Å²) in [5.74, 6) is 0.352. The van der Waals surface area contributed by atoms with Gasteiger partial charge in [-0.15, -0.1) is 0 Å². The van der Waals surface area contributed by atoms with Crippen LogP contribution in [-0.2, 0) is 16.6 Å². The standard InChI is InChI=1S/C9H12FNOS/c1-2-13(12)6-7-8(10)4-3-5-9(7)11/h3-5H,2,6,11H2,1H3. The summed E-state index contributed by atoms with van der Waals surface area (Å²) in [6.07, 6.45) is 0. The maximum atomic E-state index is 13.1. The van der Waals surface area contributed by atoms with Gasteiger partial charge in [0.15, 0.2) is 0 Å². The van der Waals surface area contributed by atoms with E-state index < -0.39 is 10.8 Å². The predicted octanol–water partition coefficient (Wildman–Crippen LogP) is 1.68. The van der Waals surface area contributed by atoms with E-state index >= 15 is 0 Å². The zero-order valence-corrected chi connectivity index (χ0v) is 8.23. The summed E-state index contributed by atoms with van der Waals surface area (Å²) in [5, 5.41) is 0. The topological polar surface area (TPSA) is 43.1 Å². The van der Waals surface area contributed by atoms with Crippen molar-refractivity contribution in [2.24, 2.45) is 0 Å². The number of hydrogen-bond acceptors (Lipinski definition) is 2. The van der Waals surface area contributed by atoms with Crippen LogP contribution in [0.15, 0.2) is 18.2 Å².